The SMILES string of the molecule is CC1C2CCCCC2(C#N)N(Cc2ccccc2C(F)(F)F)C2(C#N)CCCCC12. The van der Waals surface area contributed by atoms with Crippen LogP contribution in [0.1, 0.15) is 69.4 Å². The molecule has 1 saturated heterocycles. The smallest absolute Gasteiger partial charge is 0.262 e. The zero-order chi connectivity index (χ0) is 21.6. The molecule has 0 amide bonds. The monoisotopic (exact) mass is 415 g/mol. The van der Waals surface area contributed by atoms with E-state index in [-0.39, 0.29) is 29.9 Å². The summed E-state index contributed by atoms with van der Waals surface area (Å²) in [7, 11) is 0. The Bertz CT molecular complexity index is 841. The first kappa shape index (κ1) is 21.2. The number of nitriles is 2. The summed E-state index contributed by atoms with van der Waals surface area (Å²) >= 11 is 0. The molecule has 4 unspecified atom stereocenters. The summed E-state index contributed by atoms with van der Waals surface area (Å²) in [5.74, 6) is 0.414. The highest BCUT2D eigenvalue weighted by atomic mass is 19.4. The number of alkyl halides is 3. The highest BCUT2D eigenvalue weighted by Crippen LogP contribution is 2.58. The first-order chi connectivity index (χ1) is 14.3. The zero-order valence-electron chi connectivity index (χ0n) is 17.4. The highest BCUT2D eigenvalue weighted by molar-refractivity contribution is 5.34. The van der Waals surface area contributed by atoms with Crippen molar-refractivity contribution in [2.24, 2.45) is 17.8 Å². The van der Waals surface area contributed by atoms with Gasteiger partial charge in [0.15, 0.2) is 0 Å². The average molecular weight is 416 g/mol. The molecule has 3 fully saturated rings. The lowest BCUT2D eigenvalue weighted by Crippen LogP contribution is -2.72. The van der Waals surface area contributed by atoms with Gasteiger partial charge in [-0.25, -0.2) is 0 Å². The molecule has 3 aliphatic rings. The van der Waals surface area contributed by atoms with Crippen molar-refractivity contribution in [2.45, 2.75) is 82.1 Å². The van der Waals surface area contributed by atoms with Crippen LogP contribution in [0.15, 0.2) is 24.3 Å². The van der Waals surface area contributed by atoms with E-state index < -0.39 is 22.8 Å². The van der Waals surface area contributed by atoms with Gasteiger partial charge in [0.2, 0.25) is 0 Å². The van der Waals surface area contributed by atoms with Gasteiger partial charge in [0, 0.05) is 6.54 Å². The van der Waals surface area contributed by atoms with Crippen LogP contribution in [0, 0.1) is 40.4 Å². The molecule has 6 heteroatoms. The quantitative estimate of drug-likeness (QED) is 0.590. The van der Waals surface area contributed by atoms with E-state index in [1.165, 1.54) is 12.1 Å². The molecule has 1 aromatic rings. The molecule has 4 rings (SSSR count). The van der Waals surface area contributed by atoms with Gasteiger partial charge in [0.05, 0.1) is 17.7 Å². The topological polar surface area (TPSA) is 50.8 Å². The lowest BCUT2D eigenvalue weighted by molar-refractivity contribution is -0.151. The number of piperidine rings is 1. The van der Waals surface area contributed by atoms with Gasteiger partial charge in [-0.3, -0.25) is 4.90 Å². The number of fused-ring (bicyclic) bond motifs is 2. The van der Waals surface area contributed by atoms with Gasteiger partial charge in [-0.2, -0.15) is 23.7 Å². The Morgan fingerprint density at radius 1 is 0.967 bits per heavy atom. The fourth-order valence-corrected chi connectivity index (χ4v) is 6.85. The Morgan fingerprint density at radius 3 is 2.00 bits per heavy atom. The van der Waals surface area contributed by atoms with Crippen LogP contribution in [0.4, 0.5) is 13.2 Å². The van der Waals surface area contributed by atoms with Gasteiger partial charge in [-0.05, 0) is 55.1 Å². The van der Waals surface area contributed by atoms with Crippen LogP contribution in [0.2, 0.25) is 0 Å². The predicted molar refractivity (Wildman–Crippen MR) is 107 cm³/mol. The Kier molecular flexibility index (Phi) is 5.35. The summed E-state index contributed by atoms with van der Waals surface area (Å²) < 4.78 is 41.2. The van der Waals surface area contributed by atoms with Crippen molar-refractivity contribution in [3.05, 3.63) is 35.4 Å². The summed E-state index contributed by atoms with van der Waals surface area (Å²) in [6.07, 6.45) is 2.44. The van der Waals surface area contributed by atoms with Crippen LogP contribution in [-0.4, -0.2) is 16.0 Å². The maximum absolute atomic E-state index is 13.7. The minimum Gasteiger partial charge on any atom is -0.262 e. The van der Waals surface area contributed by atoms with Gasteiger partial charge in [-0.15, -0.1) is 0 Å². The van der Waals surface area contributed by atoms with Crippen molar-refractivity contribution in [3.8, 4) is 12.1 Å². The lowest BCUT2D eigenvalue weighted by Gasteiger charge is -2.64. The standard InChI is InChI=1S/C24H28F3N3/c1-17-19-9-4-6-12-22(19,15-28)30(23(16-29)13-7-5-10-20(17)23)14-18-8-2-3-11-21(18)24(25,26)27/h2-3,8,11,17,19-20H,4-7,9-10,12-14H2,1H3. The summed E-state index contributed by atoms with van der Waals surface area (Å²) in [5, 5.41) is 20.9. The van der Waals surface area contributed by atoms with E-state index in [2.05, 4.69) is 19.1 Å². The van der Waals surface area contributed by atoms with Gasteiger partial charge in [0.1, 0.15) is 11.1 Å². The van der Waals surface area contributed by atoms with Crippen LogP contribution >= 0.6 is 0 Å². The van der Waals surface area contributed by atoms with Gasteiger partial charge < -0.3 is 0 Å². The maximum Gasteiger partial charge on any atom is 0.416 e. The molecule has 2 saturated carbocycles. The summed E-state index contributed by atoms with van der Waals surface area (Å²) in [6, 6.07) is 10.8. The third kappa shape index (κ3) is 3.04. The molecule has 0 N–H and O–H groups in total. The fraction of sp³-hybridized carbons (Fsp3) is 0.667. The van der Waals surface area contributed by atoms with Crippen molar-refractivity contribution in [1.29, 1.82) is 10.5 Å². The molecule has 4 atom stereocenters. The number of benzene rings is 1. The van der Waals surface area contributed by atoms with E-state index in [1.54, 1.807) is 6.07 Å². The summed E-state index contributed by atoms with van der Waals surface area (Å²) in [5.41, 5.74) is -2.25. The van der Waals surface area contributed by atoms with E-state index in [4.69, 9.17) is 0 Å². The lowest BCUT2D eigenvalue weighted by atomic mass is 9.52. The van der Waals surface area contributed by atoms with E-state index >= 15 is 0 Å². The number of nitrogens with zero attached hydrogens (tertiary/aromatic N) is 3. The van der Waals surface area contributed by atoms with Crippen LogP contribution in [0.3, 0.4) is 0 Å². The third-order valence-electron chi connectivity index (χ3n) is 8.14. The molecule has 30 heavy (non-hydrogen) atoms. The second-order valence-electron chi connectivity index (χ2n) is 9.38. The molecule has 1 aliphatic heterocycles. The largest absolute Gasteiger partial charge is 0.416 e. The molecule has 0 aromatic heterocycles. The molecular weight excluding hydrogens is 387 g/mol. The van der Waals surface area contributed by atoms with E-state index in [9.17, 15) is 23.7 Å². The molecule has 1 aromatic carbocycles. The third-order valence-corrected chi connectivity index (χ3v) is 8.14. The van der Waals surface area contributed by atoms with E-state index in [0.29, 0.717) is 12.8 Å². The van der Waals surface area contributed by atoms with Crippen LogP contribution in [0.5, 0.6) is 0 Å². The minimum absolute atomic E-state index is 0.00345. The van der Waals surface area contributed by atoms with Crippen LogP contribution in [0.25, 0.3) is 0 Å². The van der Waals surface area contributed by atoms with Crippen LogP contribution in [-0.2, 0) is 12.7 Å². The van der Waals surface area contributed by atoms with Gasteiger partial charge >= 0.3 is 6.18 Å². The molecule has 2 aliphatic carbocycles. The number of halogens is 3. The minimum atomic E-state index is -4.46. The number of likely N-dealkylation sites (tertiary alicyclic amines) is 1. The van der Waals surface area contributed by atoms with Crippen molar-refractivity contribution in [2.75, 3.05) is 0 Å². The second-order valence-corrected chi connectivity index (χ2v) is 9.38. The molecule has 0 spiro atoms. The van der Waals surface area contributed by atoms with Crippen LogP contribution < -0.4 is 0 Å². The van der Waals surface area contributed by atoms with Gasteiger partial charge in [-0.1, -0.05) is 50.8 Å². The summed E-state index contributed by atoms with van der Waals surface area (Å²) in [6.45, 7) is 2.17. The normalized spacial score (nSPS) is 36.8. The molecule has 0 radical (unpaired) electrons. The van der Waals surface area contributed by atoms with E-state index in [0.717, 1.165) is 44.6 Å². The zero-order valence-corrected chi connectivity index (χ0v) is 17.4. The van der Waals surface area contributed by atoms with Gasteiger partial charge in [0.25, 0.3) is 0 Å². The fourth-order valence-electron chi connectivity index (χ4n) is 6.85. The molecule has 3 nitrogen and oxygen atoms in total. The molecule has 1 heterocycles. The first-order valence-corrected chi connectivity index (χ1v) is 11.1. The Labute approximate surface area is 176 Å². The summed E-state index contributed by atoms with van der Waals surface area (Å²) in [4.78, 5) is 1.94. The molecular formula is C24H28F3N3. The number of rotatable bonds is 2. The number of hydrogen-bond donors (Lipinski definition) is 0. The van der Waals surface area contributed by atoms with Crippen molar-refractivity contribution < 1.29 is 13.2 Å². The molecule has 160 valence electrons. The van der Waals surface area contributed by atoms with Crippen molar-refractivity contribution in [1.82, 2.24) is 4.90 Å². The average Bonchev–Trinajstić information content (AvgIpc) is 2.76. The highest BCUT2D eigenvalue weighted by Gasteiger charge is 2.64. The predicted octanol–water partition coefficient (Wildman–Crippen LogP) is 6.06. The Hall–Kier alpha value is -2.05. The second kappa shape index (κ2) is 7.57. The van der Waals surface area contributed by atoms with Crippen molar-refractivity contribution >= 4 is 0 Å². The Morgan fingerprint density at radius 2 is 1.50 bits per heavy atom. The molecule has 0 bridgehead atoms. The number of hydrogen-bond acceptors (Lipinski definition) is 3. The maximum atomic E-state index is 13.7. The first-order valence-electron chi connectivity index (χ1n) is 11.1. The van der Waals surface area contributed by atoms with E-state index in [1.807, 2.05) is 4.90 Å². The Balaban J connectivity index is 1.88. The van der Waals surface area contributed by atoms with Crippen molar-refractivity contribution in [3.63, 3.8) is 0 Å².